The molecule has 3 atom stereocenters. The van der Waals surface area contributed by atoms with Gasteiger partial charge in [0.15, 0.2) is 36.5 Å². The Morgan fingerprint density at radius 2 is 1.83 bits per heavy atom. The summed E-state index contributed by atoms with van der Waals surface area (Å²) >= 11 is 0. The highest BCUT2D eigenvalue weighted by molar-refractivity contribution is 5.64. The zero-order chi connectivity index (χ0) is 16.8. The molecule has 0 aliphatic carbocycles. The maximum atomic E-state index is 11.0. The van der Waals surface area contributed by atoms with Crippen LogP contribution in [0.5, 0.6) is 17.2 Å². The van der Waals surface area contributed by atoms with E-state index in [-0.39, 0.29) is 6.29 Å². The number of carbonyl (C=O) groups is 1. The highest BCUT2D eigenvalue weighted by atomic mass is 16.7. The summed E-state index contributed by atoms with van der Waals surface area (Å²) in [5.41, 5.74) is 0.877. The van der Waals surface area contributed by atoms with Crippen LogP contribution < -0.4 is 14.2 Å². The Hall–Kier alpha value is -1.79. The van der Waals surface area contributed by atoms with Gasteiger partial charge >= 0.3 is 0 Å². The van der Waals surface area contributed by atoms with Crippen molar-refractivity contribution in [3.8, 4) is 17.2 Å². The average Bonchev–Trinajstić information content (AvgIpc) is 2.91. The minimum absolute atomic E-state index is 0.376. The third kappa shape index (κ3) is 4.59. The Bertz CT molecular complexity index is 530. The van der Waals surface area contributed by atoms with Crippen LogP contribution in [-0.4, -0.2) is 38.2 Å². The van der Waals surface area contributed by atoms with Gasteiger partial charge in [-0.1, -0.05) is 0 Å². The number of hydrogen-bond acceptors (Lipinski definition) is 6. The summed E-state index contributed by atoms with van der Waals surface area (Å²) in [4.78, 5) is 11.0. The molecule has 1 aromatic carbocycles. The number of carbonyl (C=O) groups excluding carboxylic acids is 1. The standard InChI is InChI=1S/C17H24O6/c1-5-19-11(3)21-14-7-13-8-15(10-18)23-17(13)16(9-14)22-12(4)20-6-2/h7,9-12,15H,5-6,8H2,1-4H3. The van der Waals surface area contributed by atoms with Gasteiger partial charge in [-0.15, -0.1) is 0 Å². The lowest BCUT2D eigenvalue weighted by molar-refractivity contribution is -0.113. The van der Waals surface area contributed by atoms with Gasteiger partial charge in [0, 0.05) is 31.3 Å². The minimum atomic E-state index is -0.491. The Morgan fingerprint density at radius 1 is 1.17 bits per heavy atom. The molecule has 0 saturated carbocycles. The van der Waals surface area contributed by atoms with E-state index in [0.29, 0.717) is 36.9 Å². The van der Waals surface area contributed by atoms with Gasteiger partial charge < -0.3 is 23.7 Å². The molecular formula is C17H24O6. The van der Waals surface area contributed by atoms with E-state index in [1.165, 1.54) is 0 Å². The fourth-order valence-corrected chi connectivity index (χ4v) is 2.47. The lowest BCUT2D eigenvalue weighted by atomic mass is 10.1. The number of hydrogen-bond donors (Lipinski definition) is 0. The summed E-state index contributed by atoms with van der Waals surface area (Å²) < 4.78 is 28.0. The molecule has 0 N–H and O–H groups in total. The van der Waals surface area contributed by atoms with Crippen LogP contribution in [0.3, 0.4) is 0 Å². The first-order valence-electron chi connectivity index (χ1n) is 7.92. The van der Waals surface area contributed by atoms with Gasteiger partial charge in [0.2, 0.25) is 0 Å². The van der Waals surface area contributed by atoms with E-state index < -0.39 is 12.4 Å². The van der Waals surface area contributed by atoms with E-state index in [4.69, 9.17) is 23.7 Å². The lowest BCUT2D eigenvalue weighted by Crippen LogP contribution is -2.18. The van der Waals surface area contributed by atoms with Crippen LogP contribution in [0.25, 0.3) is 0 Å². The summed E-state index contributed by atoms with van der Waals surface area (Å²) in [6.07, 6.45) is -0.00591. The van der Waals surface area contributed by atoms with Crippen molar-refractivity contribution in [3.63, 3.8) is 0 Å². The molecule has 0 aromatic heterocycles. The number of rotatable bonds is 9. The largest absolute Gasteiger partial charge is 0.478 e. The number of ether oxygens (including phenoxy) is 5. The normalized spacial score (nSPS) is 18.7. The fraction of sp³-hybridized carbons (Fsp3) is 0.588. The van der Waals surface area contributed by atoms with Gasteiger partial charge in [0.1, 0.15) is 5.75 Å². The zero-order valence-corrected chi connectivity index (χ0v) is 14.0. The SMILES string of the molecule is CCOC(C)Oc1cc2c(c(OC(C)OCC)c1)OC(C=O)C2. The molecule has 0 fully saturated rings. The molecule has 1 aliphatic heterocycles. The number of fused-ring (bicyclic) bond motifs is 1. The molecule has 3 unspecified atom stereocenters. The molecule has 128 valence electrons. The predicted octanol–water partition coefficient (Wildman–Crippen LogP) is 2.71. The molecule has 0 spiro atoms. The molecule has 2 rings (SSSR count). The van der Waals surface area contributed by atoms with Crippen LogP contribution in [0.4, 0.5) is 0 Å². The minimum Gasteiger partial charge on any atom is -0.478 e. The summed E-state index contributed by atoms with van der Waals surface area (Å²) in [5.74, 6) is 1.69. The van der Waals surface area contributed by atoms with Crippen molar-refractivity contribution in [2.45, 2.75) is 52.8 Å². The van der Waals surface area contributed by atoms with E-state index in [1.807, 2.05) is 26.8 Å². The summed E-state index contributed by atoms with van der Waals surface area (Å²) in [5, 5.41) is 0. The Morgan fingerprint density at radius 3 is 2.43 bits per heavy atom. The van der Waals surface area contributed by atoms with Crippen LogP contribution >= 0.6 is 0 Å². The molecule has 6 heteroatoms. The third-order valence-electron chi connectivity index (χ3n) is 3.35. The smallest absolute Gasteiger partial charge is 0.197 e. The van der Waals surface area contributed by atoms with Crippen molar-refractivity contribution in [2.24, 2.45) is 0 Å². The van der Waals surface area contributed by atoms with Crippen LogP contribution in [0.1, 0.15) is 33.3 Å². The van der Waals surface area contributed by atoms with Gasteiger partial charge in [0.25, 0.3) is 0 Å². The maximum Gasteiger partial charge on any atom is 0.197 e. The fourth-order valence-electron chi connectivity index (χ4n) is 2.47. The van der Waals surface area contributed by atoms with Crippen LogP contribution in [0.2, 0.25) is 0 Å². The highest BCUT2D eigenvalue weighted by Crippen LogP contribution is 2.41. The molecule has 0 radical (unpaired) electrons. The van der Waals surface area contributed by atoms with Gasteiger partial charge in [-0.05, 0) is 33.8 Å². The van der Waals surface area contributed by atoms with Gasteiger partial charge in [0.05, 0.1) is 0 Å². The van der Waals surface area contributed by atoms with Gasteiger partial charge in [-0.3, -0.25) is 4.79 Å². The molecule has 1 aliphatic rings. The molecule has 6 nitrogen and oxygen atoms in total. The summed E-state index contributed by atoms with van der Waals surface area (Å²) in [6.45, 7) is 8.53. The van der Waals surface area contributed by atoms with Crippen molar-refractivity contribution in [3.05, 3.63) is 17.7 Å². The molecule has 1 heterocycles. The quantitative estimate of drug-likeness (QED) is 0.514. The van der Waals surface area contributed by atoms with Crippen molar-refractivity contribution in [1.29, 1.82) is 0 Å². The topological polar surface area (TPSA) is 63.2 Å². The summed E-state index contributed by atoms with van der Waals surface area (Å²) in [6, 6.07) is 3.59. The second-order valence-corrected chi connectivity index (χ2v) is 5.19. The number of aldehydes is 1. The maximum absolute atomic E-state index is 11.0. The Labute approximate surface area is 136 Å². The molecule has 23 heavy (non-hydrogen) atoms. The van der Waals surface area contributed by atoms with Crippen molar-refractivity contribution >= 4 is 6.29 Å². The molecule has 1 aromatic rings. The monoisotopic (exact) mass is 324 g/mol. The van der Waals surface area contributed by atoms with E-state index in [1.54, 1.807) is 13.0 Å². The Kier molecular flexibility index (Phi) is 6.24. The van der Waals surface area contributed by atoms with E-state index in [9.17, 15) is 4.79 Å². The Balaban J connectivity index is 2.23. The van der Waals surface area contributed by atoms with Crippen molar-refractivity contribution in [1.82, 2.24) is 0 Å². The first-order chi connectivity index (χ1) is 11.1. The van der Waals surface area contributed by atoms with Crippen LogP contribution in [-0.2, 0) is 20.7 Å². The van der Waals surface area contributed by atoms with Crippen LogP contribution in [0, 0.1) is 0 Å². The number of benzene rings is 1. The second-order valence-electron chi connectivity index (χ2n) is 5.19. The summed E-state index contributed by atoms with van der Waals surface area (Å²) in [7, 11) is 0. The van der Waals surface area contributed by atoms with Gasteiger partial charge in [-0.2, -0.15) is 0 Å². The lowest BCUT2D eigenvalue weighted by Gasteiger charge is -2.19. The predicted molar refractivity (Wildman–Crippen MR) is 84.1 cm³/mol. The average molecular weight is 324 g/mol. The third-order valence-corrected chi connectivity index (χ3v) is 3.35. The second kappa shape index (κ2) is 8.17. The first-order valence-corrected chi connectivity index (χ1v) is 7.92. The van der Waals surface area contributed by atoms with Gasteiger partial charge in [-0.25, -0.2) is 0 Å². The van der Waals surface area contributed by atoms with Crippen LogP contribution in [0.15, 0.2) is 12.1 Å². The first kappa shape index (κ1) is 17.6. The van der Waals surface area contributed by atoms with E-state index >= 15 is 0 Å². The van der Waals surface area contributed by atoms with E-state index in [0.717, 1.165) is 11.8 Å². The molecule has 0 amide bonds. The highest BCUT2D eigenvalue weighted by Gasteiger charge is 2.28. The van der Waals surface area contributed by atoms with E-state index in [2.05, 4.69) is 0 Å². The van der Waals surface area contributed by atoms with Crippen molar-refractivity contribution < 1.29 is 28.5 Å². The van der Waals surface area contributed by atoms with Crippen molar-refractivity contribution in [2.75, 3.05) is 13.2 Å². The zero-order valence-electron chi connectivity index (χ0n) is 14.0. The molecule has 0 bridgehead atoms. The molecule has 0 saturated heterocycles. The molecular weight excluding hydrogens is 300 g/mol.